The first kappa shape index (κ1) is 12.5. The fourth-order valence-corrected chi connectivity index (χ4v) is 1.11. The molecule has 0 saturated heterocycles. The van der Waals surface area contributed by atoms with Crippen LogP contribution in [0, 0.1) is 15.5 Å². The van der Waals surface area contributed by atoms with Crippen molar-refractivity contribution in [3.05, 3.63) is 34.4 Å². The maximum atomic E-state index is 10.7. The third-order valence-corrected chi connectivity index (χ3v) is 2.64. The number of nitrogens with zero attached hydrogens (tertiary/aromatic N) is 1. The summed E-state index contributed by atoms with van der Waals surface area (Å²) in [4.78, 5) is 10.3. The lowest BCUT2D eigenvalue weighted by Gasteiger charge is -2.22. The Morgan fingerprint density at radius 1 is 1.38 bits per heavy atom. The summed E-state index contributed by atoms with van der Waals surface area (Å²) in [5.74, 6) is 0.342. The van der Waals surface area contributed by atoms with Crippen LogP contribution in [0.1, 0.15) is 27.2 Å². The lowest BCUT2D eigenvalue weighted by atomic mass is 9.92. The van der Waals surface area contributed by atoms with Gasteiger partial charge in [-0.3, -0.25) is 10.1 Å². The molecule has 0 amide bonds. The van der Waals surface area contributed by atoms with Gasteiger partial charge in [0.05, 0.1) is 11.5 Å². The van der Waals surface area contributed by atoms with Crippen molar-refractivity contribution >= 4 is 5.69 Å². The highest BCUT2D eigenvalue weighted by Crippen LogP contribution is 2.28. The molecule has 1 aromatic carbocycles. The summed E-state index contributed by atoms with van der Waals surface area (Å²) >= 11 is 0. The van der Waals surface area contributed by atoms with Gasteiger partial charge in [-0.1, -0.05) is 32.9 Å². The van der Waals surface area contributed by atoms with Crippen LogP contribution >= 0.6 is 0 Å². The van der Waals surface area contributed by atoms with Gasteiger partial charge in [-0.05, 0) is 17.9 Å². The van der Waals surface area contributed by atoms with E-state index in [1.165, 1.54) is 6.07 Å². The van der Waals surface area contributed by atoms with Crippen molar-refractivity contribution in [2.24, 2.45) is 5.41 Å². The molecule has 0 radical (unpaired) electrons. The molecular weight excluding hydrogens is 206 g/mol. The van der Waals surface area contributed by atoms with Crippen molar-refractivity contribution < 1.29 is 9.66 Å². The number of para-hydroxylation sites is 2. The normalized spacial score (nSPS) is 11.2. The molecule has 1 aromatic rings. The molecule has 88 valence electrons. The number of benzene rings is 1. The average molecular weight is 223 g/mol. The maximum Gasteiger partial charge on any atom is 0.310 e. The predicted molar refractivity (Wildman–Crippen MR) is 62.7 cm³/mol. The van der Waals surface area contributed by atoms with Gasteiger partial charge in [0.2, 0.25) is 0 Å². The molecule has 0 atom stereocenters. The van der Waals surface area contributed by atoms with Crippen LogP contribution in [0.5, 0.6) is 5.75 Å². The van der Waals surface area contributed by atoms with Crippen molar-refractivity contribution in [3.8, 4) is 5.75 Å². The van der Waals surface area contributed by atoms with Crippen molar-refractivity contribution in [2.75, 3.05) is 6.61 Å². The molecular formula is C12H17NO3. The zero-order valence-corrected chi connectivity index (χ0v) is 9.90. The Hall–Kier alpha value is -1.58. The molecule has 0 aromatic heterocycles. The minimum absolute atomic E-state index is 0.0226. The third kappa shape index (κ3) is 3.22. The molecule has 0 fully saturated rings. The number of nitro groups is 1. The molecule has 0 saturated carbocycles. The van der Waals surface area contributed by atoms with E-state index in [1.54, 1.807) is 18.2 Å². The van der Waals surface area contributed by atoms with Crippen molar-refractivity contribution in [3.63, 3.8) is 0 Å². The standard InChI is InChI=1S/C12H17NO3/c1-4-12(2,3)9-16-11-8-6-5-7-10(11)13(14)15/h5-8H,4,9H2,1-3H3. The minimum Gasteiger partial charge on any atom is -0.486 e. The molecule has 0 heterocycles. The Kier molecular flexibility index (Phi) is 3.88. The van der Waals surface area contributed by atoms with Gasteiger partial charge >= 0.3 is 5.69 Å². The summed E-state index contributed by atoms with van der Waals surface area (Å²) in [5.41, 5.74) is 0.0541. The fourth-order valence-electron chi connectivity index (χ4n) is 1.11. The molecule has 0 aliphatic carbocycles. The lowest BCUT2D eigenvalue weighted by Crippen LogP contribution is -2.20. The minimum atomic E-state index is -0.422. The van der Waals surface area contributed by atoms with E-state index >= 15 is 0 Å². The van der Waals surface area contributed by atoms with Gasteiger partial charge in [-0.15, -0.1) is 0 Å². The van der Waals surface area contributed by atoms with Gasteiger partial charge in [0, 0.05) is 6.07 Å². The third-order valence-electron chi connectivity index (χ3n) is 2.64. The number of hydrogen-bond donors (Lipinski definition) is 0. The number of hydrogen-bond acceptors (Lipinski definition) is 3. The zero-order chi connectivity index (χ0) is 12.2. The lowest BCUT2D eigenvalue weighted by molar-refractivity contribution is -0.386. The van der Waals surface area contributed by atoms with Gasteiger partial charge in [-0.25, -0.2) is 0 Å². The second-order valence-corrected chi connectivity index (χ2v) is 4.53. The molecule has 0 aliphatic rings. The Morgan fingerprint density at radius 3 is 2.56 bits per heavy atom. The molecule has 0 bridgehead atoms. The first-order chi connectivity index (χ1) is 7.46. The van der Waals surface area contributed by atoms with E-state index < -0.39 is 4.92 Å². The first-order valence-electron chi connectivity index (χ1n) is 5.32. The predicted octanol–water partition coefficient (Wildman–Crippen LogP) is 3.41. The Bertz CT molecular complexity index is 374. The van der Waals surface area contributed by atoms with Crippen molar-refractivity contribution in [2.45, 2.75) is 27.2 Å². The highest BCUT2D eigenvalue weighted by atomic mass is 16.6. The van der Waals surface area contributed by atoms with Crippen LogP contribution in [0.2, 0.25) is 0 Å². The van der Waals surface area contributed by atoms with Crippen LogP contribution in [-0.2, 0) is 0 Å². The van der Waals surface area contributed by atoms with E-state index in [1.807, 2.05) is 0 Å². The second kappa shape index (κ2) is 4.96. The molecule has 0 spiro atoms. The average Bonchev–Trinajstić information content (AvgIpc) is 2.27. The largest absolute Gasteiger partial charge is 0.486 e. The number of nitro benzene ring substituents is 1. The Labute approximate surface area is 95.4 Å². The SMILES string of the molecule is CCC(C)(C)COc1ccccc1[N+](=O)[O-]. The summed E-state index contributed by atoms with van der Waals surface area (Å²) in [6.45, 7) is 6.70. The summed E-state index contributed by atoms with van der Waals surface area (Å²) in [6, 6.07) is 6.45. The monoisotopic (exact) mass is 223 g/mol. The van der Waals surface area contributed by atoms with Crippen LogP contribution < -0.4 is 4.74 Å². The fraction of sp³-hybridized carbons (Fsp3) is 0.500. The molecule has 4 heteroatoms. The van der Waals surface area contributed by atoms with E-state index in [0.717, 1.165) is 6.42 Å². The maximum absolute atomic E-state index is 10.7. The molecule has 16 heavy (non-hydrogen) atoms. The summed E-state index contributed by atoms with van der Waals surface area (Å²) < 4.78 is 5.51. The van der Waals surface area contributed by atoms with Crippen LogP contribution in [0.15, 0.2) is 24.3 Å². The van der Waals surface area contributed by atoms with Crippen LogP contribution in [0.25, 0.3) is 0 Å². The highest BCUT2D eigenvalue weighted by molar-refractivity contribution is 5.45. The number of rotatable bonds is 5. The number of ether oxygens (including phenoxy) is 1. The van der Waals surface area contributed by atoms with Crippen molar-refractivity contribution in [1.29, 1.82) is 0 Å². The summed E-state index contributed by atoms with van der Waals surface area (Å²) in [7, 11) is 0. The molecule has 1 rings (SSSR count). The smallest absolute Gasteiger partial charge is 0.310 e. The topological polar surface area (TPSA) is 52.4 Å². The van der Waals surface area contributed by atoms with Gasteiger partial charge in [0.1, 0.15) is 0 Å². The van der Waals surface area contributed by atoms with E-state index in [4.69, 9.17) is 4.74 Å². The van der Waals surface area contributed by atoms with E-state index in [9.17, 15) is 10.1 Å². The quantitative estimate of drug-likeness (QED) is 0.567. The Balaban J connectivity index is 2.78. The van der Waals surface area contributed by atoms with E-state index in [0.29, 0.717) is 12.4 Å². The zero-order valence-electron chi connectivity index (χ0n) is 9.90. The molecule has 0 N–H and O–H groups in total. The van der Waals surface area contributed by atoms with Gasteiger partial charge < -0.3 is 4.74 Å². The second-order valence-electron chi connectivity index (χ2n) is 4.53. The van der Waals surface area contributed by atoms with Crippen LogP contribution in [0.4, 0.5) is 5.69 Å². The highest BCUT2D eigenvalue weighted by Gasteiger charge is 2.19. The summed E-state index contributed by atoms with van der Waals surface area (Å²) in [5, 5.41) is 10.7. The Morgan fingerprint density at radius 2 is 2.00 bits per heavy atom. The van der Waals surface area contributed by atoms with Gasteiger partial charge in [0.25, 0.3) is 0 Å². The molecule has 0 aliphatic heterocycles. The molecule has 4 nitrogen and oxygen atoms in total. The van der Waals surface area contributed by atoms with Crippen molar-refractivity contribution in [1.82, 2.24) is 0 Å². The van der Waals surface area contributed by atoms with E-state index in [-0.39, 0.29) is 11.1 Å². The van der Waals surface area contributed by atoms with Gasteiger partial charge in [-0.2, -0.15) is 0 Å². The van der Waals surface area contributed by atoms with Crippen LogP contribution in [0.3, 0.4) is 0 Å². The van der Waals surface area contributed by atoms with E-state index in [2.05, 4.69) is 20.8 Å². The molecule has 0 unspecified atom stereocenters. The summed E-state index contributed by atoms with van der Waals surface area (Å²) in [6.07, 6.45) is 0.966. The first-order valence-corrected chi connectivity index (χ1v) is 5.32. The van der Waals surface area contributed by atoms with Gasteiger partial charge in [0.15, 0.2) is 5.75 Å². The van der Waals surface area contributed by atoms with Crippen LogP contribution in [-0.4, -0.2) is 11.5 Å².